The second-order valence-corrected chi connectivity index (χ2v) is 11.2. The van der Waals surface area contributed by atoms with Crippen LogP contribution in [0.4, 0.5) is 0 Å². The Morgan fingerprint density at radius 1 is 0.750 bits per heavy atom. The summed E-state index contributed by atoms with van der Waals surface area (Å²) in [5, 5.41) is 0. The minimum atomic E-state index is 0.445. The first kappa shape index (κ1) is 14.1. The summed E-state index contributed by atoms with van der Waals surface area (Å²) in [6.45, 7) is 2.25. The van der Waals surface area contributed by atoms with Gasteiger partial charge in [-0.3, -0.25) is 0 Å². The maximum atomic E-state index is 2.39. The number of aryl methyl sites for hydroxylation is 1. The van der Waals surface area contributed by atoms with Crippen LogP contribution in [0.1, 0.15) is 5.56 Å². The Morgan fingerprint density at radius 3 is 1.90 bits per heavy atom. The molecule has 0 bridgehead atoms. The van der Waals surface area contributed by atoms with E-state index in [0.717, 1.165) is 0 Å². The molecule has 0 fully saturated rings. The van der Waals surface area contributed by atoms with E-state index < -0.39 is 0 Å². The van der Waals surface area contributed by atoms with Crippen LogP contribution >= 0.6 is 11.3 Å². The van der Waals surface area contributed by atoms with Gasteiger partial charge in [0.25, 0.3) is 0 Å². The third kappa shape index (κ3) is 3.63. The Balaban J connectivity index is 1.77. The minimum absolute atomic E-state index is 0.445. The van der Waals surface area contributed by atoms with Crippen molar-refractivity contribution in [2.24, 2.45) is 0 Å². The zero-order valence-corrected chi connectivity index (χ0v) is 15.3. The third-order valence-corrected chi connectivity index (χ3v) is 9.37. The van der Waals surface area contributed by atoms with E-state index in [9.17, 15) is 0 Å². The Labute approximate surface area is 136 Å². The van der Waals surface area contributed by atoms with Gasteiger partial charge in [0.1, 0.15) is 0 Å². The first-order chi connectivity index (χ1) is 9.81. The fourth-order valence-corrected chi connectivity index (χ4v) is 9.05. The molecule has 0 aliphatic carbocycles. The number of thiophene rings is 1. The molecule has 3 aromatic rings. The van der Waals surface area contributed by atoms with Crippen LogP contribution in [0.5, 0.6) is 0 Å². The SMILES string of the molecule is Cc1cc([Se]c2ccccc2)sc1[Se]c1ccccc1. The van der Waals surface area contributed by atoms with Crippen LogP contribution in [0.25, 0.3) is 0 Å². The van der Waals surface area contributed by atoms with Gasteiger partial charge in [0.2, 0.25) is 0 Å². The zero-order valence-electron chi connectivity index (χ0n) is 11.1. The second-order valence-electron chi connectivity index (χ2n) is 4.37. The summed E-state index contributed by atoms with van der Waals surface area (Å²) < 4.78 is 6.02. The van der Waals surface area contributed by atoms with Gasteiger partial charge in [-0.05, 0) is 0 Å². The Hall–Kier alpha value is -0.821. The molecule has 100 valence electrons. The number of rotatable bonds is 4. The van der Waals surface area contributed by atoms with Gasteiger partial charge in [0, 0.05) is 0 Å². The molecule has 0 radical (unpaired) electrons. The van der Waals surface area contributed by atoms with Gasteiger partial charge in [-0.25, -0.2) is 0 Å². The van der Waals surface area contributed by atoms with Gasteiger partial charge in [0.05, 0.1) is 0 Å². The number of hydrogen-bond acceptors (Lipinski definition) is 1. The molecule has 1 aromatic heterocycles. The van der Waals surface area contributed by atoms with E-state index in [1.54, 1.807) is 3.78 Å². The summed E-state index contributed by atoms with van der Waals surface area (Å²) in [7, 11) is 0. The number of benzene rings is 2. The molecule has 0 saturated heterocycles. The molecule has 0 unspecified atom stereocenters. The maximum absolute atomic E-state index is 2.39. The zero-order chi connectivity index (χ0) is 13.8. The van der Waals surface area contributed by atoms with Crippen LogP contribution in [0, 0.1) is 6.92 Å². The van der Waals surface area contributed by atoms with Crippen LogP contribution in [-0.4, -0.2) is 29.9 Å². The Bertz CT molecular complexity index is 675. The molecular formula is C17H14SSe2. The van der Waals surface area contributed by atoms with E-state index in [1.807, 2.05) is 11.3 Å². The summed E-state index contributed by atoms with van der Waals surface area (Å²) in [4.78, 5) is 0. The Morgan fingerprint density at radius 2 is 1.30 bits per heavy atom. The summed E-state index contributed by atoms with van der Waals surface area (Å²) >= 11 is 2.90. The molecule has 2 aromatic carbocycles. The van der Waals surface area contributed by atoms with E-state index in [2.05, 4.69) is 73.7 Å². The van der Waals surface area contributed by atoms with Crippen LogP contribution < -0.4 is 16.5 Å². The van der Waals surface area contributed by atoms with Gasteiger partial charge in [-0.2, -0.15) is 0 Å². The predicted octanol–water partition coefficient (Wildman–Crippen LogP) is 1.37. The van der Waals surface area contributed by atoms with Crippen molar-refractivity contribution < 1.29 is 0 Å². The number of hydrogen-bond donors (Lipinski definition) is 0. The third-order valence-electron chi connectivity index (χ3n) is 2.77. The topological polar surface area (TPSA) is 0 Å². The van der Waals surface area contributed by atoms with E-state index >= 15 is 0 Å². The van der Waals surface area contributed by atoms with Crippen molar-refractivity contribution in [1.82, 2.24) is 0 Å². The van der Waals surface area contributed by atoms with Crippen molar-refractivity contribution in [3.05, 3.63) is 72.3 Å². The second kappa shape index (κ2) is 6.76. The van der Waals surface area contributed by atoms with E-state index in [4.69, 9.17) is 0 Å². The molecule has 0 spiro atoms. The molecule has 3 heteroatoms. The van der Waals surface area contributed by atoms with Crippen molar-refractivity contribution in [2.45, 2.75) is 6.92 Å². The van der Waals surface area contributed by atoms with Crippen LogP contribution in [-0.2, 0) is 0 Å². The summed E-state index contributed by atoms with van der Waals surface area (Å²) in [6, 6.07) is 24.0. The normalized spacial score (nSPS) is 10.7. The molecule has 0 aliphatic heterocycles. The summed E-state index contributed by atoms with van der Waals surface area (Å²) in [5.41, 5.74) is 1.46. The van der Waals surface area contributed by atoms with Crippen molar-refractivity contribution in [2.75, 3.05) is 0 Å². The first-order valence-electron chi connectivity index (χ1n) is 6.37. The molecule has 0 atom stereocenters. The average molecular weight is 408 g/mol. The molecule has 0 amide bonds. The van der Waals surface area contributed by atoms with Gasteiger partial charge in [-0.1, -0.05) is 0 Å². The van der Waals surface area contributed by atoms with Crippen molar-refractivity contribution in [3.8, 4) is 0 Å². The molecule has 20 heavy (non-hydrogen) atoms. The molecule has 3 rings (SSSR count). The van der Waals surface area contributed by atoms with Gasteiger partial charge in [-0.15, -0.1) is 0 Å². The average Bonchev–Trinajstić information content (AvgIpc) is 2.81. The fourth-order valence-electron chi connectivity index (χ4n) is 1.79. The van der Waals surface area contributed by atoms with Crippen molar-refractivity contribution >= 4 is 57.7 Å². The summed E-state index contributed by atoms with van der Waals surface area (Å²) in [5.74, 6) is 0. The quantitative estimate of drug-likeness (QED) is 0.573. The van der Waals surface area contributed by atoms with Gasteiger partial charge >= 0.3 is 137 Å². The molecule has 0 saturated carbocycles. The molecule has 0 nitrogen and oxygen atoms in total. The van der Waals surface area contributed by atoms with E-state index in [1.165, 1.54) is 18.3 Å². The van der Waals surface area contributed by atoms with Gasteiger partial charge < -0.3 is 0 Å². The summed E-state index contributed by atoms with van der Waals surface area (Å²) in [6.07, 6.45) is 0. The van der Waals surface area contributed by atoms with E-state index in [0.29, 0.717) is 29.9 Å². The monoisotopic (exact) mass is 410 g/mol. The van der Waals surface area contributed by atoms with Crippen LogP contribution in [0.15, 0.2) is 66.7 Å². The Kier molecular flexibility index (Phi) is 4.77. The van der Waals surface area contributed by atoms with Crippen molar-refractivity contribution in [3.63, 3.8) is 0 Å². The molecule has 1 heterocycles. The molecule has 0 aliphatic rings. The van der Waals surface area contributed by atoms with E-state index in [-0.39, 0.29) is 0 Å². The van der Waals surface area contributed by atoms with Gasteiger partial charge in [0.15, 0.2) is 0 Å². The molecule has 0 N–H and O–H groups in total. The van der Waals surface area contributed by atoms with Crippen LogP contribution in [0.2, 0.25) is 0 Å². The standard InChI is InChI=1S/C17H14SSe2/c1-13-12-16(19-14-8-4-2-5-9-14)18-17(13)20-15-10-6-3-7-11-15/h2-12H,1H3. The molecular weight excluding hydrogens is 394 g/mol. The fraction of sp³-hybridized carbons (Fsp3) is 0.0588. The predicted molar refractivity (Wildman–Crippen MR) is 92.0 cm³/mol. The van der Waals surface area contributed by atoms with Crippen LogP contribution in [0.3, 0.4) is 0 Å². The van der Waals surface area contributed by atoms with Crippen molar-refractivity contribution in [1.29, 1.82) is 0 Å². The first-order valence-corrected chi connectivity index (χ1v) is 10.6.